The minimum absolute atomic E-state index is 0.0484. The van der Waals surface area contributed by atoms with Crippen LogP contribution in [0.4, 0.5) is 5.82 Å². The highest BCUT2D eigenvalue weighted by Crippen LogP contribution is 2.28. The Hall–Kier alpha value is -1.14. The molecule has 106 valence electrons. The van der Waals surface area contributed by atoms with Crippen LogP contribution in [-0.2, 0) is 10.0 Å². The van der Waals surface area contributed by atoms with Crippen LogP contribution < -0.4 is 10.5 Å². The van der Waals surface area contributed by atoms with Crippen molar-refractivity contribution in [1.29, 1.82) is 0 Å². The van der Waals surface area contributed by atoms with Gasteiger partial charge in [-0.2, -0.15) is 0 Å². The Balaban J connectivity index is 1.97. The molecular weight excluding hydrogens is 262 g/mol. The van der Waals surface area contributed by atoms with E-state index in [-0.39, 0.29) is 10.7 Å². The van der Waals surface area contributed by atoms with E-state index in [1.165, 1.54) is 25.1 Å². The van der Waals surface area contributed by atoms with Crippen molar-refractivity contribution in [2.75, 3.05) is 12.3 Å². The lowest BCUT2D eigenvalue weighted by Gasteiger charge is -2.26. The summed E-state index contributed by atoms with van der Waals surface area (Å²) in [5.74, 6) is 1.25. The number of rotatable bonds is 4. The second kappa shape index (κ2) is 5.88. The summed E-state index contributed by atoms with van der Waals surface area (Å²) < 4.78 is 26.9. The molecule has 1 aliphatic carbocycles. The molecule has 1 aromatic rings. The van der Waals surface area contributed by atoms with Crippen LogP contribution in [0.1, 0.15) is 32.6 Å². The average Bonchev–Trinajstić information content (AvgIpc) is 2.38. The van der Waals surface area contributed by atoms with Crippen LogP contribution in [0.15, 0.2) is 23.2 Å². The number of nitrogens with zero attached hydrogens (tertiary/aromatic N) is 1. The number of hydrogen-bond acceptors (Lipinski definition) is 4. The minimum atomic E-state index is -3.54. The fourth-order valence-corrected chi connectivity index (χ4v) is 3.66. The molecule has 1 fully saturated rings. The standard InChI is InChI=1S/C13H21N3O2S/c1-10-4-6-11(7-5-10)9-16-19(17,18)12-3-2-8-15-13(12)14/h2-3,8,10-11,16H,4-7,9H2,1H3,(H2,14,15). The van der Waals surface area contributed by atoms with Gasteiger partial charge in [0.25, 0.3) is 0 Å². The maximum atomic E-state index is 12.1. The van der Waals surface area contributed by atoms with Gasteiger partial charge < -0.3 is 5.73 Å². The fraction of sp³-hybridized carbons (Fsp3) is 0.615. The maximum Gasteiger partial charge on any atom is 0.244 e. The van der Waals surface area contributed by atoms with Gasteiger partial charge in [0.2, 0.25) is 10.0 Å². The third-order valence-electron chi connectivity index (χ3n) is 3.79. The van der Waals surface area contributed by atoms with Gasteiger partial charge in [0.1, 0.15) is 10.7 Å². The quantitative estimate of drug-likeness (QED) is 0.882. The molecule has 0 aromatic carbocycles. The Labute approximate surface area is 114 Å². The molecule has 2 rings (SSSR count). The van der Waals surface area contributed by atoms with Gasteiger partial charge in [-0.3, -0.25) is 0 Å². The second-order valence-electron chi connectivity index (χ2n) is 5.36. The molecular formula is C13H21N3O2S. The lowest BCUT2D eigenvalue weighted by molar-refractivity contribution is 0.290. The zero-order valence-corrected chi connectivity index (χ0v) is 12.0. The molecule has 1 aliphatic rings. The smallest absolute Gasteiger partial charge is 0.244 e. The van der Waals surface area contributed by atoms with Crippen molar-refractivity contribution < 1.29 is 8.42 Å². The lowest BCUT2D eigenvalue weighted by Crippen LogP contribution is -2.31. The van der Waals surface area contributed by atoms with E-state index in [1.54, 1.807) is 6.07 Å². The van der Waals surface area contributed by atoms with Crippen LogP contribution in [0.2, 0.25) is 0 Å². The molecule has 0 amide bonds. The van der Waals surface area contributed by atoms with Crippen molar-refractivity contribution in [1.82, 2.24) is 9.71 Å². The third kappa shape index (κ3) is 3.67. The van der Waals surface area contributed by atoms with Crippen LogP contribution in [-0.4, -0.2) is 19.9 Å². The Morgan fingerprint density at radius 2 is 2.05 bits per heavy atom. The summed E-state index contributed by atoms with van der Waals surface area (Å²) in [5.41, 5.74) is 5.60. The number of nitrogen functional groups attached to an aromatic ring is 1. The van der Waals surface area contributed by atoms with Crippen LogP contribution in [0, 0.1) is 11.8 Å². The van der Waals surface area contributed by atoms with Gasteiger partial charge in [0, 0.05) is 12.7 Å². The number of hydrogen-bond donors (Lipinski definition) is 2. The normalized spacial score (nSPS) is 24.3. The van der Waals surface area contributed by atoms with Gasteiger partial charge in [-0.1, -0.05) is 19.8 Å². The van der Waals surface area contributed by atoms with Gasteiger partial charge in [0.05, 0.1) is 0 Å². The number of sulfonamides is 1. The van der Waals surface area contributed by atoms with Gasteiger partial charge in [-0.15, -0.1) is 0 Å². The maximum absolute atomic E-state index is 12.1. The van der Waals surface area contributed by atoms with Gasteiger partial charge in [-0.05, 0) is 36.8 Å². The molecule has 1 aromatic heterocycles. The Bertz CT molecular complexity index is 522. The molecule has 1 heterocycles. The zero-order valence-electron chi connectivity index (χ0n) is 11.2. The number of anilines is 1. The molecule has 0 atom stereocenters. The molecule has 5 nitrogen and oxygen atoms in total. The first-order chi connectivity index (χ1) is 8.99. The largest absolute Gasteiger partial charge is 0.383 e. The van der Waals surface area contributed by atoms with Crippen LogP contribution in [0.3, 0.4) is 0 Å². The predicted octanol–water partition coefficient (Wildman–Crippen LogP) is 1.77. The molecule has 3 N–H and O–H groups in total. The van der Waals surface area contributed by atoms with E-state index in [2.05, 4.69) is 16.6 Å². The topological polar surface area (TPSA) is 85.1 Å². The van der Waals surface area contributed by atoms with Crippen molar-refractivity contribution in [3.8, 4) is 0 Å². The Kier molecular flexibility index (Phi) is 4.42. The highest BCUT2D eigenvalue weighted by molar-refractivity contribution is 7.89. The Morgan fingerprint density at radius 1 is 1.37 bits per heavy atom. The molecule has 0 unspecified atom stereocenters. The Morgan fingerprint density at radius 3 is 2.68 bits per heavy atom. The number of aromatic nitrogens is 1. The van der Waals surface area contributed by atoms with Crippen molar-refractivity contribution in [3.63, 3.8) is 0 Å². The van der Waals surface area contributed by atoms with Crippen LogP contribution in [0.25, 0.3) is 0 Å². The van der Waals surface area contributed by atoms with Crippen molar-refractivity contribution >= 4 is 15.8 Å². The van der Waals surface area contributed by atoms with Crippen LogP contribution in [0.5, 0.6) is 0 Å². The summed E-state index contributed by atoms with van der Waals surface area (Å²) >= 11 is 0. The first-order valence-electron chi connectivity index (χ1n) is 6.69. The van der Waals surface area contributed by atoms with E-state index in [9.17, 15) is 8.42 Å². The number of nitrogens with two attached hydrogens (primary N) is 1. The monoisotopic (exact) mass is 283 g/mol. The number of pyridine rings is 1. The van der Waals surface area contributed by atoms with Gasteiger partial charge >= 0.3 is 0 Å². The highest BCUT2D eigenvalue weighted by Gasteiger charge is 2.22. The molecule has 0 aliphatic heterocycles. The van der Waals surface area contributed by atoms with Crippen molar-refractivity contribution in [2.24, 2.45) is 11.8 Å². The van der Waals surface area contributed by atoms with E-state index >= 15 is 0 Å². The molecule has 1 saturated carbocycles. The molecule has 0 bridgehead atoms. The van der Waals surface area contributed by atoms with Gasteiger partial charge in [0.15, 0.2) is 0 Å². The van der Waals surface area contributed by atoms with E-state index in [4.69, 9.17) is 5.73 Å². The van der Waals surface area contributed by atoms with Crippen LogP contribution >= 0.6 is 0 Å². The molecule has 0 radical (unpaired) electrons. The van der Waals surface area contributed by atoms with E-state index < -0.39 is 10.0 Å². The molecule has 19 heavy (non-hydrogen) atoms. The minimum Gasteiger partial charge on any atom is -0.383 e. The van der Waals surface area contributed by atoms with E-state index in [1.807, 2.05) is 0 Å². The van der Waals surface area contributed by atoms with Gasteiger partial charge in [-0.25, -0.2) is 18.1 Å². The SMILES string of the molecule is CC1CCC(CNS(=O)(=O)c2cccnc2N)CC1. The summed E-state index contributed by atoms with van der Waals surface area (Å²) in [4.78, 5) is 3.88. The predicted molar refractivity (Wildman–Crippen MR) is 75.0 cm³/mol. The summed E-state index contributed by atoms with van der Waals surface area (Å²) in [6, 6.07) is 3.06. The van der Waals surface area contributed by atoms with E-state index in [0.717, 1.165) is 18.8 Å². The highest BCUT2D eigenvalue weighted by atomic mass is 32.2. The van der Waals surface area contributed by atoms with Crippen molar-refractivity contribution in [3.05, 3.63) is 18.3 Å². The zero-order chi connectivity index (χ0) is 13.9. The molecule has 0 saturated heterocycles. The van der Waals surface area contributed by atoms with Crippen molar-refractivity contribution in [2.45, 2.75) is 37.5 Å². The first-order valence-corrected chi connectivity index (χ1v) is 8.17. The average molecular weight is 283 g/mol. The summed E-state index contributed by atoms with van der Waals surface area (Å²) in [6.45, 7) is 2.74. The summed E-state index contributed by atoms with van der Waals surface area (Å²) in [6.07, 6.45) is 6.03. The summed E-state index contributed by atoms with van der Waals surface area (Å²) in [7, 11) is -3.54. The fourth-order valence-electron chi connectivity index (χ4n) is 2.47. The molecule has 0 spiro atoms. The lowest BCUT2D eigenvalue weighted by atomic mass is 9.83. The third-order valence-corrected chi connectivity index (χ3v) is 5.26. The summed E-state index contributed by atoms with van der Waals surface area (Å²) in [5, 5.41) is 0. The van der Waals surface area contributed by atoms with E-state index in [0.29, 0.717) is 12.5 Å². The first kappa shape index (κ1) is 14.3. The molecule has 6 heteroatoms. The second-order valence-corrected chi connectivity index (χ2v) is 7.10. The number of nitrogens with one attached hydrogen (secondary N) is 1.